The number of amides is 1. The molecular weight excluding hydrogens is 565 g/mol. The molecule has 202 valence electrons. The lowest BCUT2D eigenvalue weighted by atomic mass is 10.1. The lowest BCUT2D eigenvalue weighted by Crippen LogP contribution is -2.17. The van der Waals surface area contributed by atoms with E-state index >= 15 is 0 Å². The second kappa shape index (κ2) is 11.0. The Morgan fingerprint density at radius 1 is 0.692 bits per heavy atom. The van der Waals surface area contributed by atoms with Crippen molar-refractivity contribution in [3.63, 3.8) is 0 Å². The van der Waals surface area contributed by atoms with Crippen molar-refractivity contribution in [2.75, 3.05) is 14.8 Å². The Kier molecular flexibility index (Phi) is 7.96. The monoisotopic (exact) mass is 587 g/mol. The van der Waals surface area contributed by atoms with Crippen LogP contribution in [-0.4, -0.2) is 22.7 Å². The highest BCUT2D eigenvalue weighted by atomic mass is 35.5. The standard InChI is InChI=1S/C27H23ClFN3O5S2/c1-17-3-7-23(15-18(17)2)32-39(36,37)26-16-19(4-14-25(26)28)27(33)30-21-10-12-24(13-11-21)38(34,35)31-22-8-5-20(29)6-9-22/h3-16,31-32H,1-2H3,(H,30,33). The van der Waals surface area contributed by atoms with E-state index in [2.05, 4.69) is 14.8 Å². The van der Waals surface area contributed by atoms with Crippen molar-refractivity contribution < 1.29 is 26.0 Å². The fourth-order valence-corrected chi connectivity index (χ4v) is 6.15. The summed E-state index contributed by atoms with van der Waals surface area (Å²) in [5, 5.41) is 2.54. The lowest BCUT2D eigenvalue weighted by molar-refractivity contribution is 0.102. The minimum atomic E-state index is -4.11. The molecule has 0 bridgehead atoms. The van der Waals surface area contributed by atoms with Gasteiger partial charge in [-0.05, 0) is 104 Å². The molecule has 0 saturated carbocycles. The van der Waals surface area contributed by atoms with Crippen LogP contribution in [0.3, 0.4) is 0 Å². The van der Waals surface area contributed by atoms with Gasteiger partial charge in [-0.3, -0.25) is 14.2 Å². The number of carbonyl (C=O) groups excluding carboxylic acids is 1. The van der Waals surface area contributed by atoms with E-state index in [-0.39, 0.29) is 31.8 Å². The molecule has 3 N–H and O–H groups in total. The number of hydrogen-bond donors (Lipinski definition) is 3. The molecule has 0 heterocycles. The van der Waals surface area contributed by atoms with Crippen molar-refractivity contribution in [2.45, 2.75) is 23.6 Å². The van der Waals surface area contributed by atoms with Crippen LogP contribution in [0, 0.1) is 19.7 Å². The van der Waals surface area contributed by atoms with E-state index in [0.29, 0.717) is 5.69 Å². The van der Waals surface area contributed by atoms with Crippen LogP contribution in [0.2, 0.25) is 5.02 Å². The summed E-state index contributed by atoms with van der Waals surface area (Å²) in [6.45, 7) is 3.76. The van der Waals surface area contributed by atoms with Gasteiger partial charge in [0, 0.05) is 22.6 Å². The van der Waals surface area contributed by atoms with Gasteiger partial charge in [0.1, 0.15) is 10.7 Å². The molecule has 0 atom stereocenters. The Labute approximate surface area is 230 Å². The fraction of sp³-hybridized carbons (Fsp3) is 0.0741. The highest BCUT2D eigenvalue weighted by Crippen LogP contribution is 2.27. The van der Waals surface area contributed by atoms with Gasteiger partial charge in [-0.1, -0.05) is 17.7 Å². The van der Waals surface area contributed by atoms with Gasteiger partial charge in [-0.25, -0.2) is 21.2 Å². The summed E-state index contributed by atoms with van der Waals surface area (Å²) in [6, 6.07) is 19.1. The number of hydrogen-bond acceptors (Lipinski definition) is 5. The summed E-state index contributed by atoms with van der Waals surface area (Å²) >= 11 is 6.16. The van der Waals surface area contributed by atoms with Crippen LogP contribution in [0.15, 0.2) is 94.7 Å². The van der Waals surface area contributed by atoms with E-state index in [1.54, 1.807) is 18.2 Å². The zero-order valence-electron chi connectivity index (χ0n) is 20.7. The Balaban J connectivity index is 1.49. The van der Waals surface area contributed by atoms with Crippen molar-refractivity contribution in [2.24, 2.45) is 0 Å². The molecular formula is C27H23ClFN3O5S2. The normalized spacial score (nSPS) is 11.6. The zero-order valence-corrected chi connectivity index (χ0v) is 23.1. The van der Waals surface area contributed by atoms with E-state index < -0.39 is 31.8 Å². The molecule has 0 saturated heterocycles. The van der Waals surface area contributed by atoms with Crippen LogP contribution in [0.4, 0.5) is 21.5 Å². The molecule has 0 aliphatic rings. The fourth-order valence-electron chi connectivity index (χ4n) is 3.52. The maximum Gasteiger partial charge on any atom is 0.263 e. The Morgan fingerprint density at radius 3 is 1.92 bits per heavy atom. The molecule has 4 rings (SSSR count). The summed E-state index contributed by atoms with van der Waals surface area (Å²) < 4.78 is 69.1. The highest BCUT2D eigenvalue weighted by Gasteiger charge is 2.21. The number of nitrogens with one attached hydrogen (secondary N) is 3. The number of rotatable bonds is 8. The van der Waals surface area contributed by atoms with Crippen molar-refractivity contribution in [1.82, 2.24) is 0 Å². The molecule has 0 fully saturated rings. The average molecular weight is 588 g/mol. The summed E-state index contributed by atoms with van der Waals surface area (Å²) in [5.41, 5.74) is 2.74. The first kappa shape index (κ1) is 28.1. The van der Waals surface area contributed by atoms with Gasteiger partial charge in [0.15, 0.2) is 0 Å². The van der Waals surface area contributed by atoms with Gasteiger partial charge in [0.05, 0.1) is 9.92 Å². The SMILES string of the molecule is Cc1ccc(NS(=O)(=O)c2cc(C(=O)Nc3ccc(S(=O)(=O)Nc4ccc(F)cc4)cc3)ccc2Cl)cc1C. The third-order valence-electron chi connectivity index (χ3n) is 5.76. The topological polar surface area (TPSA) is 121 Å². The summed E-state index contributed by atoms with van der Waals surface area (Å²) in [6.07, 6.45) is 0. The first-order valence-corrected chi connectivity index (χ1v) is 14.8. The summed E-state index contributed by atoms with van der Waals surface area (Å²) in [7, 11) is -8.06. The summed E-state index contributed by atoms with van der Waals surface area (Å²) in [4.78, 5) is 12.5. The van der Waals surface area contributed by atoms with E-state index in [4.69, 9.17) is 11.6 Å². The van der Waals surface area contributed by atoms with Gasteiger partial charge in [0.2, 0.25) is 0 Å². The first-order chi connectivity index (χ1) is 18.3. The average Bonchev–Trinajstić information content (AvgIpc) is 2.88. The van der Waals surface area contributed by atoms with E-state index in [1.807, 2.05) is 13.8 Å². The Hall–Kier alpha value is -3.93. The van der Waals surface area contributed by atoms with Gasteiger partial charge < -0.3 is 5.32 Å². The van der Waals surface area contributed by atoms with Crippen molar-refractivity contribution in [3.05, 3.63) is 112 Å². The third kappa shape index (κ3) is 6.75. The van der Waals surface area contributed by atoms with Gasteiger partial charge in [-0.15, -0.1) is 0 Å². The zero-order chi connectivity index (χ0) is 28.4. The molecule has 0 aliphatic carbocycles. The minimum absolute atomic E-state index is 0.0227. The molecule has 4 aromatic carbocycles. The molecule has 1 amide bonds. The van der Waals surface area contributed by atoms with E-state index in [1.165, 1.54) is 48.5 Å². The molecule has 0 aliphatic heterocycles. The predicted octanol–water partition coefficient (Wildman–Crippen LogP) is 5.95. The van der Waals surface area contributed by atoms with Gasteiger partial charge in [0.25, 0.3) is 26.0 Å². The quantitative estimate of drug-likeness (QED) is 0.235. The third-order valence-corrected chi connectivity index (χ3v) is 9.02. The van der Waals surface area contributed by atoms with Crippen LogP contribution < -0.4 is 14.8 Å². The van der Waals surface area contributed by atoms with Crippen molar-refractivity contribution in [1.29, 1.82) is 0 Å². The molecule has 0 aromatic heterocycles. The van der Waals surface area contributed by atoms with Crippen LogP contribution in [0.1, 0.15) is 21.5 Å². The summed E-state index contributed by atoms with van der Waals surface area (Å²) in [5.74, 6) is -1.13. The van der Waals surface area contributed by atoms with Crippen LogP contribution in [0.25, 0.3) is 0 Å². The smallest absolute Gasteiger partial charge is 0.263 e. The number of carbonyl (C=O) groups is 1. The molecule has 39 heavy (non-hydrogen) atoms. The van der Waals surface area contributed by atoms with Crippen LogP contribution in [-0.2, 0) is 20.0 Å². The molecule has 0 unspecified atom stereocenters. The maximum atomic E-state index is 13.1. The lowest BCUT2D eigenvalue weighted by Gasteiger charge is -2.13. The number of sulfonamides is 2. The number of benzene rings is 4. The Bertz CT molecular complexity index is 1760. The van der Waals surface area contributed by atoms with E-state index in [9.17, 15) is 26.0 Å². The Morgan fingerprint density at radius 2 is 1.28 bits per heavy atom. The highest BCUT2D eigenvalue weighted by molar-refractivity contribution is 7.93. The molecule has 0 spiro atoms. The first-order valence-electron chi connectivity index (χ1n) is 11.4. The molecule has 0 radical (unpaired) electrons. The van der Waals surface area contributed by atoms with Gasteiger partial charge in [-0.2, -0.15) is 0 Å². The molecule has 12 heteroatoms. The predicted molar refractivity (Wildman–Crippen MR) is 150 cm³/mol. The van der Waals surface area contributed by atoms with E-state index in [0.717, 1.165) is 29.3 Å². The number of halogens is 2. The molecule has 4 aromatic rings. The second-order valence-electron chi connectivity index (χ2n) is 8.64. The second-order valence-corrected chi connectivity index (χ2v) is 12.4. The largest absolute Gasteiger partial charge is 0.322 e. The van der Waals surface area contributed by atoms with Crippen LogP contribution >= 0.6 is 11.6 Å². The molecule has 8 nitrogen and oxygen atoms in total. The number of aryl methyl sites for hydroxylation is 2. The van der Waals surface area contributed by atoms with Crippen LogP contribution in [0.5, 0.6) is 0 Å². The van der Waals surface area contributed by atoms with Gasteiger partial charge >= 0.3 is 0 Å². The maximum absolute atomic E-state index is 13.1. The van der Waals surface area contributed by atoms with Crippen molar-refractivity contribution >= 4 is 54.6 Å². The minimum Gasteiger partial charge on any atom is -0.322 e. The number of anilines is 3. The van der Waals surface area contributed by atoms with Crippen molar-refractivity contribution in [3.8, 4) is 0 Å².